The Morgan fingerprint density at radius 2 is 2.15 bits per heavy atom. The molecule has 0 saturated heterocycles. The van der Waals surface area contributed by atoms with Gasteiger partial charge in [0.05, 0.1) is 12.3 Å². The number of nitrogens with one attached hydrogen (secondary N) is 1. The third-order valence-electron chi connectivity index (χ3n) is 1.95. The van der Waals surface area contributed by atoms with Crippen LogP contribution < -0.4 is 5.32 Å². The fraction of sp³-hybridized carbons (Fsp3) is 0.400. The number of benzene rings is 1. The highest BCUT2D eigenvalue weighted by atomic mass is 19.1. The van der Waals surface area contributed by atoms with Gasteiger partial charge in [-0.25, -0.2) is 4.39 Å². The van der Waals surface area contributed by atoms with E-state index >= 15 is 0 Å². The molecule has 0 aliphatic rings. The van der Waals surface area contributed by atoms with Gasteiger partial charge in [0.1, 0.15) is 5.82 Å². The van der Waals surface area contributed by atoms with Crippen molar-refractivity contribution in [3.8, 4) is 0 Å². The zero-order chi connectivity index (χ0) is 9.68. The zero-order valence-electron chi connectivity index (χ0n) is 7.63. The van der Waals surface area contributed by atoms with Crippen LogP contribution in [0, 0.1) is 5.82 Å². The van der Waals surface area contributed by atoms with Gasteiger partial charge in [-0.3, -0.25) is 0 Å². The maximum Gasteiger partial charge on any atom is 0.146 e. The molecule has 0 bridgehead atoms. The Labute approximate surface area is 77.4 Å². The normalized spacial score (nSPS) is 12.5. The highest BCUT2D eigenvalue weighted by Crippen LogP contribution is 2.14. The van der Waals surface area contributed by atoms with Crippen LogP contribution in [0.5, 0.6) is 0 Å². The van der Waals surface area contributed by atoms with Gasteiger partial charge >= 0.3 is 0 Å². The molecule has 3 heteroatoms. The van der Waals surface area contributed by atoms with Crippen LogP contribution in [0.3, 0.4) is 0 Å². The van der Waals surface area contributed by atoms with Crippen molar-refractivity contribution >= 4 is 5.69 Å². The summed E-state index contributed by atoms with van der Waals surface area (Å²) in [4.78, 5) is 0. The molecule has 72 valence electrons. The predicted octanol–water partition coefficient (Wildman–Crippen LogP) is 2.01. The van der Waals surface area contributed by atoms with Gasteiger partial charge in [0.25, 0.3) is 0 Å². The van der Waals surface area contributed by atoms with Crippen LogP contribution in [0.15, 0.2) is 24.3 Å². The van der Waals surface area contributed by atoms with E-state index in [9.17, 15) is 4.39 Å². The first-order valence-corrected chi connectivity index (χ1v) is 4.39. The summed E-state index contributed by atoms with van der Waals surface area (Å²) in [6, 6.07) is 6.38. The van der Waals surface area contributed by atoms with Gasteiger partial charge < -0.3 is 10.4 Å². The van der Waals surface area contributed by atoms with Gasteiger partial charge in [-0.05, 0) is 18.6 Å². The summed E-state index contributed by atoms with van der Waals surface area (Å²) < 4.78 is 13.1. The molecule has 0 aliphatic carbocycles. The summed E-state index contributed by atoms with van der Waals surface area (Å²) in [7, 11) is 0. The molecule has 0 aliphatic heterocycles. The Morgan fingerprint density at radius 3 is 2.69 bits per heavy atom. The summed E-state index contributed by atoms with van der Waals surface area (Å²) in [5, 5.41) is 11.8. The highest BCUT2D eigenvalue weighted by Gasteiger charge is 2.06. The number of hydrogen-bond donors (Lipinski definition) is 2. The number of halogens is 1. The van der Waals surface area contributed by atoms with E-state index in [1.807, 2.05) is 6.92 Å². The maximum atomic E-state index is 13.1. The van der Waals surface area contributed by atoms with E-state index in [1.165, 1.54) is 6.07 Å². The van der Waals surface area contributed by atoms with E-state index in [0.717, 1.165) is 6.42 Å². The SMILES string of the molecule is CCC(CO)Nc1ccccc1F. The predicted molar refractivity (Wildman–Crippen MR) is 51.2 cm³/mol. The average molecular weight is 183 g/mol. The van der Waals surface area contributed by atoms with Crippen LogP contribution in [0.1, 0.15) is 13.3 Å². The molecule has 0 aromatic heterocycles. The molecular formula is C10H14FNO. The molecule has 13 heavy (non-hydrogen) atoms. The van der Waals surface area contributed by atoms with Crippen LogP contribution in [0.4, 0.5) is 10.1 Å². The molecule has 1 aromatic carbocycles. The van der Waals surface area contributed by atoms with E-state index in [-0.39, 0.29) is 18.5 Å². The van der Waals surface area contributed by atoms with Crippen molar-refractivity contribution in [2.24, 2.45) is 0 Å². The van der Waals surface area contributed by atoms with Gasteiger partial charge in [0.15, 0.2) is 0 Å². The lowest BCUT2D eigenvalue weighted by Crippen LogP contribution is -2.23. The maximum absolute atomic E-state index is 13.1. The Bertz CT molecular complexity index is 261. The molecule has 1 atom stereocenters. The molecule has 1 unspecified atom stereocenters. The average Bonchev–Trinajstić information content (AvgIpc) is 2.17. The topological polar surface area (TPSA) is 32.3 Å². The molecule has 0 spiro atoms. The van der Waals surface area contributed by atoms with Crippen molar-refractivity contribution < 1.29 is 9.50 Å². The molecule has 2 nitrogen and oxygen atoms in total. The molecular weight excluding hydrogens is 169 g/mol. The monoisotopic (exact) mass is 183 g/mol. The van der Waals surface area contributed by atoms with Crippen LogP contribution in [-0.2, 0) is 0 Å². The van der Waals surface area contributed by atoms with Crippen LogP contribution in [0.2, 0.25) is 0 Å². The van der Waals surface area contributed by atoms with Crippen LogP contribution in [0.25, 0.3) is 0 Å². The Morgan fingerprint density at radius 1 is 1.46 bits per heavy atom. The van der Waals surface area contributed by atoms with Crippen LogP contribution in [-0.4, -0.2) is 17.8 Å². The van der Waals surface area contributed by atoms with E-state index in [4.69, 9.17) is 5.11 Å². The van der Waals surface area contributed by atoms with Gasteiger partial charge in [-0.2, -0.15) is 0 Å². The van der Waals surface area contributed by atoms with Crippen molar-refractivity contribution in [2.45, 2.75) is 19.4 Å². The molecule has 1 rings (SSSR count). The number of hydrogen-bond acceptors (Lipinski definition) is 2. The third-order valence-corrected chi connectivity index (χ3v) is 1.95. The van der Waals surface area contributed by atoms with Gasteiger partial charge in [0.2, 0.25) is 0 Å². The van der Waals surface area contributed by atoms with E-state index < -0.39 is 0 Å². The van der Waals surface area contributed by atoms with Crippen molar-refractivity contribution in [3.05, 3.63) is 30.1 Å². The first kappa shape index (κ1) is 9.99. The van der Waals surface area contributed by atoms with Crippen molar-refractivity contribution in [3.63, 3.8) is 0 Å². The number of para-hydroxylation sites is 1. The van der Waals surface area contributed by atoms with Crippen molar-refractivity contribution in [1.29, 1.82) is 0 Å². The molecule has 0 heterocycles. The lowest BCUT2D eigenvalue weighted by atomic mass is 10.2. The Balaban J connectivity index is 2.67. The minimum Gasteiger partial charge on any atom is -0.394 e. The molecule has 0 fully saturated rings. The van der Waals surface area contributed by atoms with E-state index in [0.29, 0.717) is 5.69 Å². The molecule has 0 saturated carbocycles. The van der Waals surface area contributed by atoms with Gasteiger partial charge in [0, 0.05) is 6.04 Å². The van der Waals surface area contributed by atoms with Crippen molar-refractivity contribution in [2.75, 3.05) is 11.9 Å². The summed E-state index contributed by atoms with van der Waals surface area (Å²) in [6.07, 6.45) is 0.769. The molecule has 1 aromatic rings. The highest BCUT2D eigenvalue weighted by molar-refractivity contribution is 5.45. The second-order valence-electron chi connectivity index (χ2n) is 2.91. The summed E-state index contributed by atoms with van der Waals surface area (Å²) in [5.74, 6) is -0.283. The van der Waals surface area contributed by atoms with E-state index in [1.54, 1.807) is 18.2 Å². The van der Waals surface area contributed by atoms with Crippen LogP contribution >= 0.6 is 0 Å². The number of rotatable bonds is 4. The summed E-state index contributed by atoms with van der Waals surface area (Å²) >= 11 is 0. The second-order valence-corrected chi connectivity index (χ2v) is 2.91. The third kappa shape index (κ3) is 2.70. The fourth-order valence-electron chi connectivity index (χ4n) is 1.07. The standard InChI is InChI=1S/C10H14FNO/c1-2-8(7-13)12-10-6-4-3-5-9(10)11/h3-6,8,12-13H,2,7H2,1H3. The Kier molecular flexibility index (Phi) is 3.71. The number of anilines is 1. The lowest BCUT2D eigenvalue weighted by Gasteiger charge is -2.15. The number of aliphatic hydroxyl groups is 1. The van der Waals surface area contributed by atoms with Gasteiger partial charge in [-0.15, -0.1) is 0 Å². The zero-order valence-corrected chi connectivity index (χ0v) is 7.63. The number of aliphatic hydroxyl groups excluding tert-OH is 1. The molecule has 2 N–H and O–H groups in total. The van der Waals surface area contributed by atoms with E-state index in [2.05, 4.69) is 5.32 Å². The largest absolute Gasteiger partial charge is 0.394 e. The van der Waals surface area contributed by atoms with Crippen molar-refractivity contribution in [1.82, 2.24) is 0 Å². The summed E-state index contributed by atoms with van der Waals surface area (Å²) in [6.45, 7) is 1.96. The minimum atomic E-state index is -0.283. The Hall–Kier alpha value is -1.09. The summed E-state index contributed by atoms with van der Waals surface area (Å²) in [5.41, 5.74) is 0.448. The second kappa shape index (κ2) is 4.82. The van der Waals surface area contributed by atoms with Gasteiger partial charge in [-0.1, -0.05) is 19.1 Å². The quantitative estimate of drug-likeness (QED) is 0.748. The molecule has 0 amide bonds. The lowest BCUT2D eigenvalue weighted by molar-refractivity contribution is 0.271. The first-order chi connectivity index (χ1) is 6.27. The molecule has 0 radical (unpaired) electrons. The first-order valence-electron chi connectivity index (χ1n) is 4.39. The minimum absolute atomic E-state index is 0.0187. The smallest absolute Gasteiger partial charge is 0.146 e. The fourth-order valence-corrected chi connectivity index (χ4v) is 1.07.